The first-order valence-electron chi connectivity index (χ1n) is 15.5. The summed E-state index contributed by atoms with van der Waals surface area (Å²) >= 11 is 0. The number of ether oxygens (including phenoxy) is 1. The topological polar surface area (TPSA) is 212 Å². The van der Waals surface area contributed by atoms with Crippen LogP contribution in [0.5, 0.6) is 0 Å². The average molecular weight is 627 g/mol. The lowest BCUT2D eigenvalue weighted by molar-refractivity contribution is -0.0677. The minimum atomic E-state index is -1.19. The first-order chi connectivity index (χ1) is 21.6. The number of aliphatic hydroxyl groups excluding tert-OH is 5. The van der Waals surface area contributed by atoms with E-state index >= 15 is 0 Å². The fourth-order valence-electron chi connectivity index (χ4n) is 6.41. The summed E-state index contributed by atoms with van der Waals surface area (Å²) in [6, 6.07) is 6.22. The molecule has 1 aromatic carbocycles. The van der Waals surface area contributed by atoms with Crippen LogP contribution in [0.25, 0.3) is 22.2 Å². The molecule has 0 spiro atoms. The molecule has 6 rings (SSSR count). The monoisotopic (exact) mass is 626 g/mol. The summed E-state index contributed by atoms with van der Waals surface area (Å²) in [5.74, 6) is 1.71. The maximum atomic E-state index is 10.9. The second-order valence-electron chi connectivity index (χ2n) is 12.8. The van der Waals surface area contributed by atoms with Crippen LogP contribution in [0.15, 0.2) is 30.9 Å². The van der Waals surface area contributed by atoms with Crippen LogP contribution in [0.4, 0.5) is 5.82 Å². The molecular formula is C31H46N8O6. The lowest BCUT2D eigenvalue weighted by atomic mass is 9.76. The molecule has 8 N–H and O–H groups in total. The number of hydrogen-bond donors (Lipinski definition) is 7. The second-order valence-corrected chi connectivity index (χ2v) is 12.8. The first kappa shape index (κ1) is 33.1. The van der Waals surface area contributed by atoms with E-state index in [0.717, 1.165) is 55.2 Å². The highest BCUT2D eigenvalue weighted by Crippen LogP contribution is 2.38. The average Bonchev–Trinajstić information content (AvgIpc) is 3.72. The van der Waals surface area contributed by atoms with Crippen molar-refractivity contribution in [3.63, 3.8) is 0 Å². The maximum absolute atomic E-state index is 10.9. The van der Waals surface area contributed by atoms with Crippen molar-refractivity contribution in [2.24, 2.45) is 5.92 Å². The number of benzene rings is 1. The molecule has 4 heterocycles. The van der Waals surface area contributed by atoms with Crippen molar-refractivity contribution in [3.05, 3.63) is 42.2 Å². The Labute approximate surface area is 261 Å². The summed E-state index contributed by atoms with van der Waals surface area (Å²) in [5, 5.41) is 48.6. The summed E-state index contributed by atoms with van der Waals surface area (Å²) in [7, 11) is 1.00. The van der Waals surface area contributed by atoms with Crippen LogP contribution in [-0.4, -0.2) is 117 Å². The molecule has 14 nitrogen and oxygen atoms in total. The van der Waals surface area contributed by atoms with Gasteiger partial charge in [-0.2, -0.15) is 0 Å². The maximum Gasteiger partial charge on any atom is 0.167 e. The summed E-state index contributed by atoms with van der Waals surface area (Å²) in [6.07, 6.45) is 2.73. The van der Waals surface area contributed by atoms with E-state index in [-0.39, 0.29) is 36.5 Å². The molecular weight excluding hydrogens is 580 g/mol. The van der Waals surface area contributed by atoms with Gasteiger partial charge in [0.2, 0.25) is 0 Å². The number of aromatic nitrogens is 6. The molecule has 14 heteroatoms. The Morgan fingerprint density at radius 2 is 1.89 bits per heavy atom. The molecule has 0 radical (unpaired) electrons. The van der Waals surface area contributed by atoms with Gasteiger partial charge in [0.05, 0.1) is 30.6 Å². The molecule has 1 aliphatic carbocycles. The van der Waals surface area contributed by atoms with Gasteiger partial charge in [-0.3, -0.25) is 9.47 Å². The first-order valence-corrected chi connectivity index (χ1v) is 15.5. The third-order valence-corrected chi connectivity index (χ3v) is 9.40. The number of imidazole rings is 2. The van der Waals surface area contributed by atoms with E-state index in [0.29, 0.717) is 23.6 Å². The van der Waals surface area contributed by atoms with Crippen molar-refractivity contribution in [1.82, 2.24) is 34.4 Å². The standard InChI is InChI=1S/C30H42N8O5.CH4O/c1-16(12-39)37(11-22-25(41)26(42)29(43-22)38-15-34-24-27(31)32-14-33-28(24)38)19-8-17(9-19)4-7-23-35-20-6-5-18(10-21(20)36-23)30(2,3)13-40;1-2/h5-6,10,14-17,19,22,25-26,29,39-42H,4,7-9,11-13H2,1-3H3,(H,35,36)(H2,31,32,33);2H,1H3/t16?,17?,19?,22-,25-,26-,29-;/m1./s1. The highest BCUT2D eigenvalue weighted by atomic mass is 16.6. The molecule has 45 heavy (non-hydrogen) atoms. The van der Waals surface area contributed by atoms with Gasteiger partial charge in [-0.25, -0.2) is 19.9 Å². The number of rotatable bonds is 11. The minimum Gasteiger partial charge on any atom is -0.400 e. The summed E-state index contributed by atoms with van der Waals surface area (Å²) in [4.78, 5) is 22.9. The molecule has 1 aliphatic heterocycles. The predicted molar refractivity (Wildman–Crippen MR) is 168 cm³/mol. The lowest BCUT2D eigenvalue weighted by Crippen LogP contribution is -2.54. The van der Waals surface area contributed by atoms with Crippen LogP contribution in [-0.2, 0) is 16.6 Å². The van der Waals surface area contributed by atoms with Crippen molar-refractivity contribution in [1.29, 1.82) is 0 Å². The van der Waals surface area contributed by atoms with Crippen LogP contribution >= 0.6 is 0 Å². The van der Waals surface area contributed by atoms with Gasteiger partial charge in [0.15, 0.2) is 17.7 Å². The molecule has 2 aliphatic rings. The molecule has 0 amide bonds. The number of nitrogen functional groups attached to an aromatic ring is 1. The van der Waals surface area contributed by atoms with Crippen molar-refractivity contribution < 1.29 is 30.3 Å². The Morgan fingerprint density at radius 1 is 1.13 bits per heavy atom. The van der Waals surface area contributed by atoms with Gasteiger partial charge in [0.1, 0.15) is 36.0 Å². The van der Waals surface area contributed by atoms with Gasteiger partial charge in [-0.1, -0.05) is 19.9 Å². The zero-order valence-corrected chi connectivity index (χ0v) is 26.3. The van der Waals surface area contributed by atoms with Crippen LogP contribution < -0.4 is 5.73 Å². The van der Waals surface area contributed by atoms with Crippen LogP contribution in [0, 0.1) is 5.92 Å². The van der Waals surface area contributed by atoms with E-state index < -0.39 is 24.5 Å². The normalized spacial score (nSPS) is 25.8. The Balaban J connectivity index is 0.00000196. The van der Waals surface area contributed by atoms with Crippen molar-refractivity contribution >= 4 is 28.0 Å². The van der Waals surface area contributed by atoms with Crippen molar-refractivity contribution in [3.8, 4) is 0 Å². The van der Waals surface area contributed by atoms with E-state index in [9.17, 15) is 20.4 Å². The van der Waals surface area contributed by atoms with E-state index in [1.54, 1.807) is 4.57 Å². The fourth-order valence-corrected chi connectivity index (χ4v) is 6.41. The number of H-pyrrole nitrogens is 1. The third kappa shape index (κ3) is 6.54. The number of nitrogens with zero attached hydrogens (tertiary/aromatic N) is 6. The molecule has 1 saturated heterocycles. The highest BCUT2D eigenvalue weighted by Gasteiger charge is 2.47. The molecule has 0 bridgehead atoms. The lowest BCUT2D eigenvalue weighted by Gasteiger charge is -2.46. The van der Waals surface area contributed by atoms with E-state index in [4.69, 9.17) is 20.6 Å². The summed E-state index contributed by atoms with van der Waals surface area (Å²) in [6.45, 7) is 6.43. The molecule has 5 atom stereocenters. The van der Waals surface area contributed by atoms with Gasteiger partial charge in [-0.05, 0) is 49.8 Å². The fraction of sp³-hybridized carbons (Fsp3) is 0.613. The number of fused-ring (bicyclic) bond motifs is 2. The molecule has 1 saturated carbocycles. The number of hydrogen-bond acceptors (Lipinski definition) is 12. The van der Waals surface area contributed by atoms with E-state index in [1.165, 1.54) is 12.7 Å². The molecule has 4 aromatic rings. The molecule has 246 valence electrons. The van der Waals surface area contributed by atoms with E-state index in [2.05, 4.69) is 30.9 Å². The van der Waals surface area contributed by atoms with Gasteiger partial charge in [0.25, 0.3) is 0 Å². The smallest absolute Gasteiger partial charge is 0.167 e. The Bertz CT molecular complexity index is 1570. The third-order valence-electron chi connectivity index (χ3n) is 9.40. The van der Waals surface area contributed by atoms with Crippen LogP contribution in [0.1, 0.15) is 57.6 Å². The van der Waals surface area contributed by atoms with Gasteiger partial charge in [-0.15, -0.1) is 0 Å². The predicted octanol–water partition coefficient (Wildman–Crippen LogP) is 0.877. The number of anilines is 1. The molecule has 2 fully saturated rings. The summed E-state index contributed by atoms with van der Waals surface area (Å²) in [5.41, 5.74) is 9.42. The highest BCUT2D eigenvalue weighted by molar-refractivity contribution is 5.81. The Hall–Kier alpha value is -3.24. The van der Waals surface area contributed by atoms with Crippen molar-refractivity contribution in [2.45, 2.75) is 88.5 Å². The molecule has 1 unspecified atom stereocenters. The number of aryl methyl sites for hydroxylation is 1. The second kappa shape index (κ2) is 13.6. The molecule has 3 aromatic heterocycles. The largest absolute Gasteiger partial charge is 0.400 e. The SMILES string of the molecule is CC(CO)N(C[C@H]1O[C@@H](n2cnc3c(N)ncnc32)[C@H](O)[C@@H]1O)C1CC(CCc2nc3ccc(C(C)(C)CO)cc3[nH]2)C1.CO. The quantitative estimate of drug-likeness (QED) is 0.124. The summed E-state index contributed by atoms with van der Waals surface area (Å²) < 4.78 is 7.77. The number of nitrogens with two attached hydrogens (primary N) is 1. The zero-order valence-electron chi connectivity index (χ0n) is 26.3. The van der Waals surface area contributed by atoms with Gasteiger partial charge in [0, 0.05) is 37.6 Å². The minimum absolute atomic E-state index is 0.0214. The van der Waals surface area contributed by atoms with E-state index in [1.807, 2.05) is 32.9 Å². The van der Waals surface area contributed by atoms with Crippen molar-refractivity contribution in [2.75, 3.05) is 32.6 Å². The Kier molecular flexibility index (Phi) is 10.0. The number of nitrogens with one attached hydrogen (secondary N) is 1. The Morgan fingerprint density at radius 3 is 2.60 bits per heavy atom. The van der Waals surface area contributed by atoms with Crippen LogP contribution in [0.2, 0.25) is 0 Å². The van der Waals surface area contributed by atoms with Crippen LogP contribution in [0.3, 0.4) is 0 Å². The van der Waals surface area contributed by atoms with Gasteiger partial charge < -0.3 is 41.0 Å². The number of aliphatic hydroxyl groups is 5. The number of aromatic amines is 1. The van der Waals surface area contributed by atoms with Gasteiger partial charge >= 0.3 is 0 Å². The zero-order chi connectivity index (χ0) is 32.5.